The summed E-state index contributed by atoms with van der Waals surface area (Å²) in [5.74, 6) is -12.4. The average Bonchev–Trinajstić information content (AvgIpc) is 3.25. The van der Waals surface area contributed by atoms with E-state index >= 15 is 0 Å². The highest BCUT2D eigenvalue weighted by Gasteiger charge is 2.69. The van der Waals surface area contributed by atoms with Gasteiger partial charge in [0.1, 0.15) is 5.75 Å². The van der Waals surface area contributed by atoms with Crippen LogP contribution >= 0.6 is 0 Å². The highest BCUT2D eigenvalue weighted by Crippen LogP contribution is 2.51. The predicted octanol–water partition coefficient (Wildman–Crippen LogP) is 1.40. The molecule has 2 fully saturated rings. The molecule has 3 amide bonds. The fourth-order valence-electron chi connectivity index (χ4n) is 8.27. The predicted molar refractivity (Wildman–Crippen MR) is 165 cm³/mol. The monoisotopic (exact) mass is 643 g/mol. The van der Waals surface area contributed by atoms with Gasteiger partial charge in [-0.05, 0) is 75.0 Å². The van der Waals surface area contributed by atoms with Crippen LogP contribution in [0.5, 0.6) is 5.75 Å². The number of carbonyl (C=O) groups is 7. The normalized spacial score (nSPS) is 28.4. The number of primary amides is 1. The van der Waals surface area contributed by atoms with Gasteiger partial charge in [0.25, 0.3) is 11.8 Å². The molecule has 12 nitrogen and oxygen atoms in total. The number of ketones is 4. The van der Waals surface area contributed by atoms with Crippen LogP contribution < -0.4 is 5.73 Å². The van der Waals surface area contributed by atoms with Gasteiger partial charge in [0.05, 0.1) is 35.2 Å². The van der Waals surface area contributed by atoms with Crippen molar-refractivity contribution >= 4 is 40.9 Å². The number of rotatable bonds is 8. The second kappa shape index (κ2) is 11.6. The third-order valence-corrected chi connectivity index (χ3v) is 10.5. The molecular formula is C35H37N3O9. The zero-order valence-corrected chi connectivity index (χ0v) is 26.4. The number of hydrogen-bond acceptors (Lipinski definition) is 10. The largest absolute Gasteiger partial charge is 0.507 e. The Hall–Kier alpha value is -4.55. The van der Waals surface area contributed by atoms with Crippen LogP contribution in [0.4, 0.5) is 0 Å². The molecule has 0 spiro atoms. The Morgan fingerprint density at radius 2 is 1.64 bits per heavy atom. The Morgan fingerprint density at radius 3 is 2.21 bits per heavy atom. The van der Waals surface area contributed by atoms with E-state index in [1.165, 1.54) is 19.0 Å². The number of phenolic OH excluding ortho intramolecular Hbond substituents is 1. The van der Waals surface area contributed by atoms with Gasteiger partial charge < -0.3 is 15.9 Å². The molecule has 0 saturated heterocycles. The van der Waals surface area contributed by atoms with E-state index in [2.05, 4.69) is 0 Å². The minimum Gasteiger partial charge on any atom is -0.507 e. The van der Waals surface area contributed by atoms with Crippen LogP contribution in [0.2, 0.25) is 0 Å². The quantitative estimate of drug-likeness (QED) is 0.215. The third-order valence-electron chi connectivity index (χ3n) is 10.5. The molecule has 4 aliphatic rings. The number of unbranched alkanes of at least 4 members (excludes halogenated alkanes) is 2. The van der Waals surface area contributed by atoms with Gasteiger partial charge in [0.2, 0.25) is 5.91 Å². The number of nitrogens with two attached hydrogens (primary N) is 1. The molecular weight excluding hydrogens is 606 g/mol. The number of aryl methyl sites for hydroxylation is 1. The minimum atomic E-state index is -2.83. The number of imide groups is 1. The third kappa shape index (κ3) is 4.68. The number of aromatic hydroxyl groups is 1. The Labute approximate surface area is 270 Å². The first-order valence-electron chi connectivity index (χ1n) is 15.9. The number of phenols is 1. The Morgan fingerprint density at radius 1 is 1.00 bits per heavy atom. The van der Waals surface area contributed by atoms with Crippen LogP contribution in [0.25, 0.3) is 0 Å². The van der Waals surface area contributed by atoms with Crippen molar-refractivity contribution in [2.24, 2.45) is 29.4 Å². The number of benzene rings is 2. The summed E-state index contributed by atoms with van der Waals surface area (Å²) >= 11 is 0. The fourth-order valence-corrected chi connectivity index (χ4v) is 8.27. The van der Waals surface area contributed by atoms with Gasteiger partial charge in [-0.25, -0.2) is 0 Å². The Kier molecular flexibility index (Phi) is 8.00. The molecule has 6 atom stereocenters. The van der Waals surface area contributed by atoms with Crippen molar-refractivity contribution in [1.29, 1.82) is 0 Å². The zero-order chi connectivity index (χ0) is 34.1. The van der Waals surface area contributed by atoms with Gasteiger partial charge in [-0.2, -0.15) is 0 Å². The lowest BCUT2D eigenvalue weighted by molar-refractivity contribution is -0.181. The molecule has 0 aromatic heterocycles. The SMILES string of the molecule is CCCCCc1cc(CN2C(=O)c3ccccc3C2=O)c(O)c2c1CC1CC3C(N(C)C)C(=O)C(C(N)=O)C(=O)C3(O)C(=O)C1C2=O. The number of nitrogens with zero attached hydrogens (tertiary/aromatic N) is 2. The molecule has 6 unspecified atom stereocenters. The lowest BCUT2D eigenvalue weighted by Gasteiger charge is -2.52. The highest BCUT2D eigenvalue weighted by molar-refractivity contribution is 6.32. The van der Waals surface area contributed by atoms with Crippen LogP contribution in [-0.2, 0) is 38.6 Å². The Balaban J connectivity index is 1.44. The van der Waals surface area contributed by atoms with E-state index in [1.54, 1.807) is 30.3 Å². The fraction of sp³-hybridized carbons (Fsp3) is 0.457. The van der Waals surface area contributed by atoms with Crippen molar-refractivity contribution in [3.8, 4) is 5.75 Å². The van der Waals surface area contributed by atoms with E-state index in [9.17, 15) is 43.8 Å². The second-order valence-corrected chi connectivity index (χ2v) is 13.4. The van der Waals surface area contributed by atoms with Gasteiger partial charge in [-0.1, -0.05) is 31.9 Å². The maximum Gasteiger partial charge on any atom is 0.261 e. The van der Waals surface area contributed by atoms with Gasteiger partial charge in [-0.15, -0.1) is 0 Å². The molecule has 3 aliphatic carbocycles. The molecule has 2 aromatic carbocycles. The van der Waals surface area contributed by atoms with Crippen molar-refractivity contribution in [3.05, 3.63) is 63.7 Å². The summed E-state index contributed by atoms with van der Waals surface area (Å²) in [5.41, 5.74) is 4.30. The average molecular weight is 644 g/mol. The zero-order valence-electron chi connectivity index (χ0n) is 26.4. The number of amides is 3. The number of carbonyl (C=O) groups excluding carboxylic acids is 7. The lowest BCUT2D eigenvalue weighted by atomic mass is 9.52. The number of likely N-dealkylation sites (N-methyl/N-ethyl adjacent to an activating group) is 1. The summed E-state index contributed by atoms with van der Waals surface area (Å²) in [6.45, 7) is 1.72. The summed E-state index contributed by atoms with van der Waals surface area (Å²) in [7, 11) is 3.07. The first-order valence-corrected chi connectivity index (χ1v) is 15.9. The molecule has 2 saturated carbocycles. The molecule has 1 aliphatic heterocycles. The van der Waals surface area contributed by atoms with E-state index in [4.69, 9.17) is 5.73 Å². The van der Waals surface area contributed by atoms with Gasteiger partial charge >= 0.3 is 0 Å². The second-order valence-electron chi connectivity index (χ2n) is 13.4. The summed E-state index contributed by atoms with van der Waals surface area (Å²) < 4.78 is 0. The first kappa shape index (κ1) is 32.4. The van der Waals surface area contributed by atoms with E-state index in [-0.39, 0.29) is 41.6 Å². The van der Waals surface area contributed by atoms with Crippen LogP contribution in [0.15, 0.2) is 30.3 Å². The van der Waals surface area contributed by atoms with Crippen LogP contribution in [-0.4, -0.2) is 86.6 Å². The molecule has 47 heavy (non-hydrogen) atoms. The number of Topliss-reactive ketones (excluding diaryl/α,β-unsaturated/α-hetero) is 4. The molecule has 4 N–H and O–H groups in total. The van der Waals surface area contributed by atoms with E-state index in [0.717, 1.165) is 29.7 Å². The Bertz CT molecular complexity index is 1750. The van der Waals surface area contributed by atoms with Crippen LogP contribution in [0, 0.1) is 23.7 Å². The van der Waals surface area contributed by atoms with Crippen molar-refractivity contribution in [2.75, 3.05) is 14.1 Å². The lowest BCUT2D eigenvalue weighted by Crippen LogP contribution is -2.74. The minimum absolute atomic E-state index is 0.0458. The first-order chi connectivity index (χ1) is 22.2. The van der Waals surface area contributed by atoms with E-state index < -0.39 is 81.9 Å². The molecule has 0 bridgehead atoms. The summed E-state index contributed by atoms with van der Waals surface area (Å²) in [5, 5.41) is 23.5. The summed E-state index contributed by atoms with van der Waals surface area (Å²) in [6.07, 6.45) is 3.18. The van der Waals surface area contributed by atoms with Gasteiger partial charge in [0, 0.05) is 11.5 Å². The number of fused-ring (bicyclic) bond motifs is 4. The molecule has 12 heteroatoms. The molecule has 246 valence electrons. The van der Waals surface area contributed by atoms with Crippen molar-refractivity contribution in [1.82, 2.24) is 9.80 Å². The van der Waals surface area contributed by atoms with Gasteiger partial charge in [-0.3, -0.25) is 43.4 Å². The molecule has 0 radical (unpaired) electrons. The van der Waals surface area contributed by atoms with Crippen molar-refractivity contribution in [2.45, 2.75) is 63.6 Å². The summed E-state index contributed by atoms with van der Waals surface area (Å²) in [4.78, 5) is 96.5. The standard InChI is InChI=1S/C35H37N3O9/c1-4-5-6-9-16-12-18(15-38-33(45)19-10-7-8-11-20(19)34(38)46)27(39)24-21(16)13-17-14-22-26(37(2)3)29(41)25(32(36)44)31(43)35(22,47)30(42)23(17)28(24)40/h7-8,10-12,17,22-23,25-26,39,47H,4-6,9,13-15H2,1-3H3,(H2,36,44). The maximum atomic E-state index is 14.4. The molecule has 6 rings (SSSR count). The highest BCUT2D eigenvalue weighted by atomic mass is 16.3. The topological polar surface area (TPSA) is 192 Å². The van der Waals surface area contributed by atoms with Crippen molar-refractivity contribution < 1.29 is 43.8 Å². The van der Waals surface area contributed by atoms with Gasteiger partial charge in [0.15, 0.2) is 34.7 Å². The molecule has 2 aromatic rings. The maximum absolute atomic E-state index is 14.4. The number of hydrogen-bond donors (Lipinski definition) is 3. The summed E-state index contributed by atoms with van der Waals surface area (Å²) in [6, 6.07) is 6.89. The molecule has 1 heterocycles. The van der Waals surface area contributed by atoms with Crippen LogP contribution in [0.3, 0.4) is 0 Å². The van der Waals surface area contributed by atoms with Crippen molar-refractivity contribution in [3.63, 3.8) is 0 Å². The van der Waals surface area contributed by atoms with E-state index in [0.29, 0.717) is 12.0 Å². The van der Waals surface area contributed by atoms with E-state index in [1.807, 2.05) is 6.92 Å². The number of aliphatic hydroxyl groups is 1. The van der Waals surface area contributed by atoms with Crippen LogP contribution in [0.1, 0.15) is 80.4 Å². The smallest absolute Gasteiger partial charge is 0.261 e.